The molecule has 0 aromatic heterocycles. The van der Waals surface area contributed by atoms with E-state index in [2.05, 4.69) is 4.52 Å². The molecule has 0 saturated heterocycles. The Hall–Kier alpha value is -0.240. The van der Waals surface area contributed by atoms with Crippen molar-refractivity contribution in [3.8, 4) is 6.07 Å². The van der Waals surface area contributed by atoms with Crippen LogP contribution in [0.1, 0.15) is 6.42 Å². The van der Waals surface area contributed by atoms with Crippen LogP contribution in [0.15, 0.2) is 0 Å². The zero-order chi connectivity index (χ0) is 7.33. The van der Waals surface area contributed by atoms with E-state index in [-0.39, 0.29) is 13.0 Å². The zero-order valence-electron chi connectivity index (χ0n) is 4.56. The SMILES string of the molecule is N#CCCO[P+](O)(O)O. The highest BCUT2D eigenvalue weighted by Crippen LogP contribution is 2.45. The maximum absolute atomic E-state index is 8.13. The number of hydrogen-bond acceptors (Lipinski definition) is 5. The van der Waals surface area contributed by atoms with Crippen molar-refractivity contribution in [2.75, 3.05) is 6.61 Å². The number of nitriles is 1. The van der Waals surface area contributed by atoms with Crippen molar-refractivity contribution in [1.82, 2.24) is 0 Å². The van der Waals surface area contributed by atoms with Crippen molar-refractivity contribution in [3.63, 3.8) is 0 Å². The molecule has 0 fully saturated rings. The summed E-state index contributed by atoms with van der Waals surface area (Å²) in [5.41, 5.74) is 0. The summed E-state index contributed by atoms with van der Waals surface area (Å²) in [6, 6.07) is 1.70. The Kier molecular flexibility index (Phi) is 3.62. The van der Waals surface area contributed by atoms with Crippen LogP contribution in [0.25, 0.3) is 0 Å². The van der Waals surface area contributed by atoms with E-state index in [9.17, 15) is 0 Å². The van der Waals surface area contributed by atoms with Gasteiger partial charge in [0.15, 0.2) is 0 Å². The summed E-state index contributed by atoms with van der Waals surface area (Å²) in [6.45, 7) is -0.159. The van der Waals surface area contributed by atoms with Crippen molar-refractivity contribution in [2.24, 2.45) is 0 Å². The zero-order valence-corrected chi connectivity index (χ0v) is 5.45. The first-order chi connectivity index (χ1) is 4.06. The summed E-state index contributed by atoms with van der Waals surface area (Å²) >= 11 is 0. The molecule has 0 bridgehead atoms. The third-order valence-corrected chi connectivity index (χ3v) is 1.01. The van der Waals surface area contributed by atoms with Gasteiger partial charge in [-0.15, -0.1) is 0 Å². The van der Waals surface area contributed by atoms with Crippen LogP contribution in [0.3, 0.4) is 0 Å². The molecule has 0 aromatic rings. The van der Waals surface area contributed by atoms with E-state index in [0.717, 1.165) is 0 Å². The second-order valence-corrected chi connectivity index (χ2v) is 2.54. The smallest absolute Gasteiger partial charge is 0.198 e. The van der Waals surface area contributed by atoms with Gasteiger partial charge in [0.05, 0.1) is 12.5 Å². The van der Waals surface area contributed by atoms with Gasteiger partial charge in [-0.3, -0.25) is 0 Å². The van der Waals surface area contributed by atoms with E-state index < -0.39 is 8.17 Å². The Morgan fingerprint density at radius 1 is 1.44 bits per heavy atom. The Morgan fingerprint density at radius 2 is 2.00 bits per heavy atom. The van der Waals surface area contributed by atoms with Gasteiger partial charge in [0, 0.05) is 0 Å². The van der Waals surface area contributed by atoms with Gasteiger partial charge in [-0.2, -0.15) is 24.5 Å². The predicted molar refractivity (Wildman–Crippen MR) is 29.8 cm³/mol. The molecule has 0 heterocycles. The highest BCUT2D eigenvalue weighted by Gasteiger charge is 2.32. The fourth-order valence-corrected chi connectivity index (χ4v) is 0.550. The molecular weight excluding hydrogens is 145 g/mol. The van der Waals surface area contributed by atoms with E-state index in [1.807, 2.05) is 0 Å². The second kappa shape index (κ2) is 3.72. The molecule has 0 rings (SSSR count). The molecule has 0 aliphatic rings. The van der Waals surface area contributed by atoms with Gasteiger partial charge < -0.3 is 0 Å². The van der Waals surface area contributed by atoms with E-state index in [4.69, 9.17) is 19.9 Å². The molecule has 0 aliphatic heterocycles. The Labute approximate surface area is 52.8 Å². The van der Waals surface area contributed by atoms with Crippen LogP contribution in [-0.4, -0.2) is 21.3 Å². The first-order valence-electron chi connectivity index (χ1n) is 2.15. The Bertz CT molecular complexity index is 114. The Morgan fingerprint density at radius 3 is 2.33 bits per heavy atom. The molecule has 9 heavy (non-hydrogen) atoms. The maximum Gasteiger partial charge on any atom is 0.567 e. The third-order valence-electron chi connectivity index (χ3n) is 0.478. The summed E-state index contributed by atoms with van der Waals surface area (Å²) in [7, 11) is -4.10. The van der Waals surface area contributed by atoms with Crippen LogP contribution in [-0.2, 0) is 4.52 Å². The lowest BCUT2D eigenvalue weighted by Gasteiger charge is -1.98. The fourth-order valence-electron chi connectivity index (χ4n) is 0.214. The summed E-state index contributed by atoms with van der Waals surface area (Å²) in [5, 5.41) is 7.90. The number of nitrogens with zero attached hydrogens (tertiary/aromatic N) is 1. The lowest BCUT2D eigenvalue weighted by atomic mass is 10.5. The van der Waals surface area contributed by atoms with Gasteiger partial charge in [-0.1, -0.05) is 0 Å². The highest BCUT2D eigenvalue weighted by molar-refractivity contribution is 7.53. The average molecular weight is 152 g/mol. The monoisotopic (exact) mass is 152 g/mol. The minimum atomic E-state index is -4.10. The van der Waals surface area contributed by atoms with E-state index in [1.54, 1.807) is 6.07 Å². The van der Waals surface area contributed by atoms with Gasteiger partial charge in [-0.25, -0.2) is 0 Å². The molecule has 5 nitrogen and oxygen atoms in total. The van der Waals surface area contributed by atoms with Crippen LogP contribution in [0.2, 0.25) is 0 Å². The summed E-state index contributed by atoms with van der Waals surface area (Å²) in [4.78, 5) is 24.4. The van der Waals surface area contributed by atoms with Gasteiger partial charge >= 0.3 is 8.17 Å². The molecule has 0 saturated carbocycles. The first-order valence-corrected chi connectivity index (χ1v) is 3.71. The van der Waals surface area contributed by atoms with Crippen molar-refractivity contribution in [3.05, 3.63) is 0 Å². The molecule has 0 atom stereocenters. The van der Waals surface area contributed by atoms with Crippen LogP contribution in [0.5, 0.6) is 0 Å². The standard InChI is InChI=1S/C3H7NO4P/c4-2-1-3-8-9(5,6)7/h5-7H,1,3H2/q+1. The van der Waals surface area contributed by atoms with Gasteiger partial charge in [-0.05, 0) is 0 Å². The fraction of sp³-hybridized carbons (Fsp3) is 0.667. The summed E-state index contributed by atoms with van der Waals surface area (Å²) in [5.74, 6) is 0. The van der Waals surface area contributed by atoms with Crippen molar-refractivity contribution in [1.29, 1.82) is 5.26 Å². The Balaban J connectivity index is 3.20. The van der Waals surface area contributed by atoms with Gasteiger partial charge in [0.2, 0.25) is 0 Å². The summed E-state index contributed by atoms with van der Waals surface area (Å²) in [6.07, 6.45) is 0.0312. The van der Waals surface area contributed by atoms with Crippen molar-refractivity contribution < 1.29 is 19.2 Å². The molecule has 0 aromatic carbocycles. The third kappa shape index (κ3) is 7.76. The molecule has 0 aliphatic carbocycles. The van der Waals surface area contributed by atoms with E-state index >= 15 is 0 Å². The van der Waals surface area contributed by atoms with Crippen molar-refractivity contribution >= 4 is 8.17 Å². The minimum absolute atomic E-state index is 0.0312. The molecule has 3 N–H and O–H groups in total. The summed E-state index contributed by atoms with van der Waals surface area (Å²) < 4.78 is 4.03. The van der Waals surface area contributed by atoms with Gasteiger partial charge in [0.25, 0.3) is 0 Å². The van der Waals surface area contributed by atoms with Crippen LogP contribution in [0.4, 0.5) is 0 Å². The molecule has 52 valence electrons. The first kappa shape index (κ1) is 8.76. The highest BCUT2D eigenvalue weighted by atomic mass is 31.2. The van der Waals surface area contributed by atoms with Crippen LogP contribution < -0.4 is 0 Å². The molecule has 6 heteroatoms. The normalized spacial score (nSPS) is 10.9. The minimum Gasteiger partial charge on any atom is -0.198 e. The molecule has 0 spiro atoms. The lowest BCUT2D eigenvalue weighted by Crippen LogP contribution is -1.95. The number of rotatable bonds is 3. The second-order valence-electron chi connectivity index (χ2n) is 1.25. The topological polar surface area (TPSA) is 93.7 Å². The molecular formula is C3H7NO4P+. The van der Waals surface area contributed by atoms with Crippen LogP contribution in [0, 0.1) is 11.3 Å². The predicted octanol–water partition coefficient (Wildman–Crippen LogP) is -0.429. The molecule has 0 unspecified atom stereocenters. The maximum atomic E-state index is 8.13. The van der Waals surface area contributed by atoms with E-state index in [1.165, 1.54) is 0 Å². The molecule has 0 amide bonds. The van der Waals surface area contributed by atoms with E-state index in [0.29, 0.717) is 0 Å². The largest absolute Gasteiger partial charge is 0.567 e. The quantitative estimate of drug-likeness (QED) is 0.377. The van der Waals surface area contributed by atoms with Crippen LogP contribution >= 0.6 is 8.17 Å². The molecule has 0 radical (unpaired) electrons. The average Bonchev–Trinajstić information content (AvgIpc) is 1.63. The lowest BCUT2D eigenvalue weighted by molar-refractivity contribution is 0.164. The van der Waals surface area contributed by atoms with Gasteiger partial charge in [0.1, 0.15) is 6.61 Å². The van der Waals surface area contributed by atoms with Crippen molar-refractivity contribution in [2.45, 2.75) is 6.42 Å². The number of hydrogen-bond donors (Lipinski definition) is 3.